The van der Waals surface area contributed by atoms with E-state index in [1.165, 1.54) is 0 Å². The molecule has 0 radical (unpaired) electrons. The van der Waals surface area contributed by atoms with Gasteiger partial charge in [-0.05, 0) is 55.3 Å². The molecule has 1 aliphatic rings. The number of nitrogens with two attached hydrogens (primary N) is 1. The maximum absolute atomic E-state index is 5.55. The molecular formula is C27H46N6O2. The Kier molecular flexibility index (Phi) is 13.1. The summed E-state index contributed by atoms with van der Waals surface area (Å²) in [6.45, 7) is 23.2. The van der Waals surface area contributed by atoms with Gasteiger partial charge in [0.1, 0.15) is 5.69 Å². The average molecular weight is 487 g/mol. The van der Waals surface area contributed by atoms with Gasteiger partial charge in [0.25, 0.3) is 0 Å². The molecule has 196 valence electrons. The molecule has 2 heterocycles. The normalized spacial score (nSPS) is 11.6. The number of pyridine rings is 1. The Balaban J connectivity index is 0.000000367. The number of aromatic nitrogens is 1. The lowest BCUT2D eigenvalue weighted by molar-refractivity contribution is 0.174. The fraction of sp³-hybridized carbons (Fsp3) is 0.556. The van der Waals surface area contributed by atoms with Gasteiger partial charge < -0.3 is 30.7 Å². The van der Waals surface area contributed by atoms with Crippen molar-refractivity contribution in [1.82, 2.24) is 10.3 Å². The van der Waals surface area contributed by atoms with Crippen LogP contribution in [-0.2, 0) is 6.54 Å². The smallest absolute Gasteiger partial charge is 0.231 e. The summed E-state index contributed by atoms with van der Waals surface area (Å²) in [4.78, 5) is 10.7. The molecule has 8 nitrogen and oxygen atoms in total. The van der Waals surface area contributed by atoms with Crippen molar-refractivity contribution in [1.29, 1.82) is 0 Å². The van der Waals surface area contributed by atoms with E-state index in [4.69, 9.17) is 15.2 Å². The summed E-state index contributed by atoms with van der Waals surface area (Å²) in [5.41, 5.74) is 10.0. The van der Waals surface area contributed by atoms with Gasteiger partial charge in [-0.15, -0.1) is 0 Å². The fourth-order valence-electron chi connectivity index (χ4n) is 3.47. The third-order valence-corrected chi connectivity index (χ3v) is 5.29. The largest absolute Gasteiger partial charge is 0.454 e. The van der Waals surface area contributed by atoms with Gasteiger partial charge in [0, 0.05) is 46.0 Å². The summed E-state index contributed by atoms with van der Waals surface area (Å²) in [6, 6.07) is 5.90. The maximum Gasteiger partial charge on any atom is 0.231 e. The Bertz CT molecular complexity index is 911. The quantitative estimate of drug-likeness (QED) is 0.334. The second-order valence-corrected chi connectivity index (χ2v) is 9.09. The maximum atomic E-state index is 5.55. The molecule has 0 bridgehead atoms. The molecule has 2 aromatic rings. The molecule has 0 amide bonds. The SMILES string of the molecule is C=Nc1c(N(CC)CCNCC(C)(C)C)ccnc1NC.CC.Cc1cc2c(cc1CN)OCO2. The van der Waals surface area contributed by atoms with E-state index in [0.717, 1.165) is 66.0 Å². The molecule has 0 atom stereocenters. The van der Waals surface area contributed by atoms with Crippen LogP contribution >= 0.6 is 0 Å². The van der Waals surface area contributed by atoms with Crippen LogP contribution in [0.4, 0.5) is 17.2 Å². The zero-order valence-electron chi connectivity index (χ0n) is 23.0. The first-order chi connectivity index (χ1) is 16.7. The number of rotatable bonds is 9. The summed E-state index contributed by atoms with van der Waals surface area (Å²) < 4.78 is 10.4. The molecule has 3 rings (SSSR count). The number of aliphatic imine (C=N–C) groups is 1. The highest BCUT2D eigenvalue weighted by Gasteiger charge is 2.15. The number of fused-ring (bicyclic) bond motifs is 1. The lowest BCUT2D eigenvalue weighted by Crippen LogP contribution is -2.35. The van der Waals surface area contributed by atoms with E-state index in [-0.39, 0.29) is 0 Å². The third-order valence-electron chi connectivity index (χ3n) is 5.29. The first-order valence-electron chi connectivity index (χ1n) is 12.4. The summed E-state index contributed by atoms with van der Waals surface area (Å²) in [5.74, 6) is 2.40. The Morgan fingerprint density at radius 1 is 1.20 bits per heavy atom. The first-order valence-corrected chi connectivity index (χ1v) is 12.4. The van der Waals surface area contributed by atoms with E-state index in [2.05, 4.69) is 59.9 Å². The van der Waals surface area contributed by atoms with Crippen molar-refractivity contribution in [3.8, 4) is 11.5 Å². The van der Waals surface area contributed by atoms with E-state index in [1.54, 1.807) is 6.20 Å². The van der Waals surface area contributed by atoms with E-state index >= 15 is 0 Å². The van der Waals surface area contributed by atoms with E-state index in [9.17, 15) is 0 Å². The molecule has 0 aliphatic carbocycles. The highest BCUT2D eigenvalue weighted by Crippen LogP contribution is 2.34. The van der Waals surface area contributed by atoms with Gasteiger partial charge in [0.15, 0.2) is 17.3 Å². The number of nitrogens with one attached hydrogen (secondary N) is 2. The predicted octanol–water partition coefficient (Wildman–Crippen LogP) is 5.13. The standard InChI is InChI=1S/C16H29N5.C9H11NO2.C2H6/c1-7-21(11-10-19-12-16(2,3)4)13-8-9-20-15(18-6)14(13)17-5;1-6-2-8-9(12-5-11-8)3-7(6)4-10;1-2/h8-9,19H,5,7,10-12H2,1-4,6H3,(H,18,20);2-3H,4-5,10H2,1H3;1-2H3. The Morgan fingerprint density at radius 2 is 1.86 bits per heavy atom. The number of likely N-dealkylation sites (N-methyl/N-ethyl adjacent to an activating group) is 1. The lowest BCUT2D eigenvalue weighted by atomic mass is 9.97. The van der Waals surface area contributed by atoms with Crippen LogP contribution in [0.2, 0.25) is 0 Å². The topological polar surface area (TPSA) is 97.0 Å². The minimum absolute atomic E-state index is 0.306. The highest BCUT2D eigenvalue weighted by molar-refractivity contribution is 5.79. The van der Waals surface area contributed by atoms with Gasteiger partial charge in [0.2, 0.25) is 6.79 Å². The monoisotopic (exact) mass is 486 g/mol. The zero-order chi connectivity index (χ0) is 26.4. The van der Waals surface area contributed by atoms with Crippen molar-refractivity contribution in [2.24, 2.45) is 16.1 Å². The number of anilines is 2. The second-order valence-electron chi connectivity index (χ2n) is 9.09. The van der Waals surface area contributed by atoms with Crippen LogP contribution in [-0.4, -0.2) is 51.7 Å². The van der Waals surface area contributed by atoms with Crippen molar-refractivity contribution >= 4 is 23.9 Å². The van der Waals surface area contributed by atoms with Crippen molar-refractivity contribution in [2.45, 2.75) is 55.0 Å². The fourth-order valence-corrected chi connectivity index (χ4v) is 3.47. The number of hydrogen-bond donors (Lipinski definition) is 3. The summed E-state index contributed by atoms with van der Waals surface area (Å²) >= 11 is 0. The van der Waals surface area contributed by atoms with Crippen molar-refractivity contribution in [3.63, 3.8) is 0 Å². The summed E-state index contributed by atoms with van der Waals surface area (Å²) in [6.07, 6.45) is 1.81. The van der Waals surface area contributed by atoms with E-state index in [1.807, 2.05) is 46.0 Å². The lowest BCUT2D eigenvalue weighted by Gasteiger charge is -2.26. The van der Waals surface area contributed by atoms with Gasteiger partial charge in [-0.3, -0.25) is 4.99 Å². The molecule has 1 aromatic heterocycles. The van der Waals surface area contributed by atoms with Crippen LogP contribution in [0, 0.1) is 12.3 Å². The number of nitrogens with zero attached hydrogens (tertiary/aromatic N) is 3. The first kappa shape index (κ1) is 30.2. The number of benzene rings is 1. The van der Waals surface area contributed by atoms with Gasteiger partial charge >= 0.3 is 0 Å². The summed E-state index contributed by atoms with van der Waals surface area (Å²) in [5, 5.41) is 6.57. The van der Waals surface area contributed by atoms with E-state index < -0.39 is 0 Å². The Labute approximate surface area is 212 Å². The van der Waals surface area contributed by atoms with Gasteiger partial charge in [0.05, 0.1) is 5.69 Å². The molecule has 35 heavy (non-hydrogen) atoms. The van der Waals surface area contributed by atoms with Crippen LogP contribution in [0.15, 0.2) is 29.4 Å². The minimum Gasteiger partial charge on any atom is -0.454 e. The zero-order valence-corrected chi connectivity index (χ0v) is 23.0. The molecular weight excluding hydrogens is 440 g/mol. The molecule has 1 aromatic carbocycles. The molecule has 0 spiro atoms. The molecule has 4 N–H and O–H groups in total. The second kappa shape index (κ2) is 15.2. The molecule has 8 heteroatoms. The molecule has 0 unspecified atom stereocenters. The van der Waals surface area contributed by atoms with Crippen LogP contribution in [0.3, 0.4) is 0 Å². The molecule has 1 aliphatic heterocycles. The molecule has 0 fully saturated rings. The van der Waals surface area contributed by atoms with Crippen LogP contribution in [0.1, 0.15) is 52.7 Å². The van der Waals surface area contributed by atoms with E-state index in [0.29, 0.717) is 18.8 Å². The number of hydrogen-bond acceptors (Lipinski definition) is 8. The molecule has 0 saturated carbocycles. The van der Waals surface area contributed by atoms with Gasteiger partial charge in [-0.25, -0.2) is 4.98 Å². The van der Waals surface area contributed by atoms with Crippen molar-refractivity contribution in [3.05, 3.63) is 35.5 Å². The molecule has 0 saturated heterocycles. The van der Waals surface area contributed by atoms with Crippen LogP contribution in [0.25, 0.3) is 0 Å². The van der Waals surface area contributed by atoms with Crippen molar-refractivity contribution < 1.29 is 9.47 Å². The Hall–Kier alpha value is -2.84. The minimum atomic E-state index is 0.306. The number of aryl methyl sites for hydroxylation is 1. The highest BCUT2D eigenvalue weighted by atomic mass is 16.7. The van der Waals surface area contributed by atoms with Crippen LogP contribution in [0.5, 0.6) is 11.5 Å². The predicted molar refractivity (Wildman–Crippen MR) is 150 cm³/mol. The Morgan fingerprint density at radius 3 is 2.40 bits per heavy atom. The number of ether oxygens (including phenoxy) is 2. The average Bonchev–Trinajstić information content (AvgIpc) is 3.31. The van der Waals surface area contributed by atoms with Crippen LogP contribution < -0.4 is 30.7 Å². The summed E-state index contributed by atoms with van der Waals surface area (Å²) in [7, 11) is 1.85. The van der Waals surface area contributed by atoms with Crippen molar-refractivity contribution in [2.75, 3.05) is 50.2 Å². The third kappa shape index (κ3) is 9.38. The van der Waals surface area contributed by atoms with Gasteiger partial charge in [-0.2, -0.15) is 0 Å². The van der Waals surface area contributed by atoms with Gasteiger partial charge in [-0.1, -0.05) is 34.6 Å².